The molecule has 0 bridgehead atoms. The van der Waals surface area contributed by atoms with Crippen LogP contribution in [0.15, 0.2) is 4.99 Å². The topological polar surface area (TPSA) is 21.6 Å². The molecule has 0 spiro atoms. The number of rotatable bonds is 0. The Labute approximate surface area is 62.4 Å². The summed E-state index contributed by atoms with van der Waals surface area (Å²) in [6, 6.07) is 0.453. The number of ether oxygens (including phenoxy) is 1. The summed E-state index contributed by atoms with van der Waals surface area (Å²) >= 11 is 3.54. The molecule has 9 heavy (non-hydrogen) atoms. The van der Waals surface area contributed by atoms with Crippen molar-refractivity contribution in [1.82, 2.24) is 0 Å². The van der Waals surface area contributed by atoms with E-state index in [-0.39, 0.29) is 0 Å². The monoisotopic (exact) mass is 189 g/mol. The first-order valence-corrected chi connectivity index (χ1v) is 4.10. The van der Waals surface area contributed by atoms with Gasteiger partial charge in [-0.25, -0.2) is 0 Å². The molecule has 0 aromatic heterocycles. The van der Waals surface area contributed by atoms with Crippen LogP contribution in [0.3, 0.4) is 0 Å². The summed E-state index contributed by atoms with van der Waals surface area (Å²) in [6.45, 7) is 0. The Hall–Kier alpha value is -0.0500. The van der Waals surface area contributed by atoms with Crippen LogP contribution in [-0.2, 0) is 4.74 Å². The second-order valence-electron chi connectivity index (χ2n) is 2.52. The highest BCUT2D eigenvalue weighted by Crippen LogP contribution is 2.32. The van der Waals surface area contributed by atoms with Crippen LogP contribution >= 0.6 is 15.9 Å². The van der Waals surface area contributed by atoms with E-state index in [9.17, 15) is 0 Å². The van der Waals surface area contributed by atoms with Gasteiger partial charge in [0.25, 0.3) is 0 Å². The Morgan fingerprint density at radius 1 is 1.56 bits per heavy atom. The molecule has 1 aliphatic heterocycles. The van der Waals surface area contributed by atoms with Crippen LogP contribution in [0.4, 0.5) is 0 Å². The summed E-state index contributed by atoms with van der Waals surface area (Å²) in [5.41, 5.74) is 0. The average Bonchev–Trinajstić information content (AvgIpc) is 2.35. The standard InChI is InChI=1S/C6H8BrNO/c7-4-1-2-5-6(4)9-3-8-5/h3-6H,1-2H2/t4-,5-,6+/m0/s1. The lowest BCUT2D eigenvalue weighted by molar-refractivity contribution is 0.227. The van der Waals surface area contributed by atoms with Gasteiger partial charge in [0.05, 0.1) is 10.9 Å². The Morgan fingerprint density at radius 3 is 3.22 bits per heavy atom. The predicted molar refractivity (Wildman–Crippen MR) is 39.1 cm³/mol. The van der Waals surface area contributed by atoms with Gasteiger partial charge in [0.2, 0.25) is 0 Å². The zero-order valence-corrected chi connectivity index (χ0v) is 6.54. The number of aliphatic imine (C=N–C) groups is 1. The lowest BCUT2D eigenvalue weighted by Gasteiger charge is -2.09. The first kappa shape index (κ1) is 5.71. The second kappa shape index (κ2) is 1.97. The van der Waals surface area contributed by atoms with Gasteiger partial charge in [0.1, 0.15) is 6.10 Å². The smallest absolute Gasteiger partial charge is 0.170 e. The summed E-state index contributed by atoms with van der Waals surface area (Å²) < 4.78 is 5.25. The highest BCUT2D eigenvalue weighted by atomic mass is 79.9. The summed E-state index contributed by atoms with van der Waals surface area (Å²) in [6.07, 6.45) is 4.30. The van der Waals surface area contributed by atoms with E-state index in [4.69, 9.17) is 4.74 Å². The Morgan fingerprint density at radius 2 is 2.44 bits per heavy atom. The van der Waals surface area contributed by atoms with Crippen LogP contribution in [0.2, 0.25) is 0 Å². The normalized spacial score (nSPS) is 47.0. The molecule has 1 fully saturated rings. The summed E-state index contributed by atoms with van der Waals surface area (Å²) in [5.74, 6) is 0. The fraction of sp³-hybridized carbons (Fsp3) is 0.833. The molecule has 0 N–H and O–H groups in total. The van der Waals surface area contributed by atoms with Crippen molar-refractivity contribution in [2.75, 3.05) is 0 Å². The zero-order chi connectivity index (χ0) is 6.27. The fourth-order valence-corrected chi connectivity index (χ4v) is 2.16. The SMILES string of the molecule is Br[C@H]1CC[C@@H]2N=CO[C@@H]21. The molecule has 3 heteroatoms. The van der Waals surface area contributed by atoms with Gasteiger partial charge in [-0.15, -0.1) is 0 Å². The minimum absolute atomic E-state index is 0.338. The number of alkyl halides is 1. The van der Waals surface area contributed by atoms with E-state index in [0.29, 0.717) is 17.0 Å². The molecule has 0 unspecified atom stereocenters. The fourth-order valence-electron chi connectivity index (χ4n) is 1.42. The van der Waals surface area contributed by atoms with Crippen LogP contribution in [0, 0.1) is 0 Å². The Balaban J connectivity index is 2.13. The molecule has 1 aliphatic carbocycles. The molecular weight excluding hydrogens is 182 g/mol. The molecular formula is C6H8BrNO. The second-order valence-corrected chi connectivity index (χ2v) is 3.69. The molecule has 1 heterocycles. The van der Waals surface area contributed by atoms with Crippen molar-refractivity contribution < 1.29 is 4.74 Å². The lowest BCUT2D eigenvalue weighted by atomic mass is 10.2. The first-order chi connectivity index (χ1) is 4.38. The third-order valence-corrected chi connectivity index (χ3v) is 2.92. The van der Waals surface area contributed by atoms with Crippen LogP contribution in [-0.4, -0.2) is 23.4 Å². The Bertz CT molecular complexity index is 148. The van der Waals surface area contributed by atoms with E-state index in [1.54, 1.807) is 6.40 Å². The quantitative estimate of drug-likeness (QED) is 0.528. The third kappa shape index (κ3) is 0.784. The molecule has 0 aromatic carbocycles. The third-order valence-electron chi connectivity index (χ3n) is 1.94. The van der Waals surface area contributed by atoms with Crippen LogP contribution in [0.5, 0.6) is 0 Å². The van der Waals surface area contributed by atoms with E-state index >= 15 is 0 Å². The van der Waals surface area contributed by atoms with Gasteiger partial charge in [-0.3, -0.25) is 4.99 Å². The number of nitrogens with zero attached hydrogens (tertiary/aromatic N) is 1. The molecule has 50 valence electrons. The van der Waals surface area contributed by atoms with Gasteiger partial charge in [-0.1, -0.05) is 15.9 Å². The summed E-state index contributed by atoms with van der Waals surface area (Å²) in [7, 11) is 0. The highest BCUT2D eigenvalue weighted by molar-refractivity contribution is 9.09. The van der Waals surface area contributed by atoms with E-state index in [1.807, 2.05) is 0 Å². The Kier molecular flexibility index (Phi) is 1.25. The molecule has 2 nitrogen and oxygen atoms in total. The van der Waals surface area contributed by atoms with Crippen LogP contribution in [0.25, 0.3) is 0 Å². The van der Waals surface area contributed by atoms with E-state index < -0.39 is 0 Å². The predicted octanol–water partition coefficient (Wildman–Crippen LogP) is 1.34. The van der Waals surface area contributed by atoms with Gasteiger partial charge in [-0.05, 0) is 12.8 Å². The number of halogens is 1. The maximum absolute atomic E-state index is 5.25. The van der Waals surface area contributed by atoms with Crippen molar-refractivity contribution in [3.8, 4) is 0 Å². The van der Waals surface area contributed by atoms with Gasteiger partial charge in [-0.2, -0.15) is 0 Å². The van der Waals surface area contributed by atoms with E-state index in [2.05, 4.69) is 20.9 Å². The molecule has 2 rings (SSSR count). The van der Waals surface area contributed by atoms with E-state index in [1.165, 1.54) is 12.8 Å². The minimum Gasteiger partial charge on any atom is -0.477 e. The maximum Gasteiger partial charge on any atom is 0.170 e. The van der Waals surface area contributed by atoms with Crippen molar-refractivity contribution in [2.45, 2.75) is 29.8 Å². The molecule has 3 atom stereocenters. The van der Waals surface area contributed by atoms with Crippen molar-refractivity contribution in [2.24, 2.45) is 4.99 Å². The first-order valence-electron chi connectivity index (χ1n) is 3.19. The van der Waals surface area contributed by atoms with Gasteiger partial charge in [0, 0.05) is 0 Å². The molecule has 0 aromatic rings. The summed E-state index contributed by atoms with van der Waals surface area (Å²) in [5, 5.41) is 0. The number of hydrogen-bond acceptors (Lipinski definition) is 2. The van der Waals surface area contributed by atoms with Crippen molar-refractivity contribution in [1.29, 1.82) is 0 Å². The highest BCUT2D eigenvalue weighted by Gasteiger charge is 2.38. The number of hydrogen-bond donors (Lipinski definition) is 0. The average molecular weight is 190 g/mol. The molecule has 0 amide bonds. The molecule has 0 radical (unpaired) electrons. The minimum atomic E-state index is 0.338. The molecule has 0 saturated heterocycles. The van der Waals surface area contributed by atoms with Gasteiger partial charge < -0.3 is 4.74 Å². The van der Waals surface area contributed by atoms with Crippen LogP contribution in [0.1, 0.15) is 12.8 Å². The van der Waals surface area contributed by atoms with Crippen LogP contribution < -0.4 is 0 Å². The maximum atomic E-state index is 5.25. The zero-order valence-electron chi connectivity index (χ0n) is 4.96. The molecule has 1 saturated carbocycles. The lowest BCUT2D eigenvalue weighted by Crippen LogP contribution is -2.21. The van der Waals surface area contributed by atoms with E-state index in [0.717, 1.165) is 0 Å². The van der Waals surface area contributed by atoms with Crippen molar-refractivity contribution in [3.63, 3.8) is 0 Å². The molecule has 2 aliphatic rings. The van der Waals surface area contributed by atoms with Crippen molar-refractivity contribution >= 4 is 22.3 Å². The number of fused-ring (bicyclic) bond motifs is 1. The van der Waals surface area contributed by atoms with Crippen molar-refractivity contribution in [3.05, 3.63) is 0 Å². The largest absolute Gasteiger partial charge is 0.477 e. The van der Waals surface area contributed by atoms with Gasteiger partial charge in [0.15, 0.2) is 6.40 Å². The summed E-state index contributed by atoms with van der Waals surface area (Å²) in [4.78, 5) is 4.70. The van der Waals surface area contributed by atoms with Gasteiger partial charge >= 0.3 is 0 Å².